The summed E-state index contributed by atoms with van der Waals surface area (Å²) >= 11 is 0. The third-order valence-electron chi connectivity index (χ3n) is 4.80. The van der Waals surface area contributed by atoms with Gasteiger partial charge in [0.2, 0.25) is 16.0 Å². The first-order valence-electron chi connectivity index (χ1n) is 9.26. The number of aryl methyl sites for hydroxylation is 1. The number of benzene rings is 1. The minimum Gasteiger partial charge on any atom is -0.497 e. The van der Waals surface area contributed by atoms with Crippen molar-refractivity contribution in [1.29, 1.82) is 0 Å². The number of sulfonamides is 1. The van der Waals surface area contributed by atoms with E-state index in [4.69, 9.17) is 9.47 Å². The maximum atomic E-state index is 13.2. The number of piperazine rings is 1. The molecule has 9 nitrogen and oxygen atoms in total. The number of hydrogen-bond donors (Lipinski definition) is 0. The van der Waals surface area contributed by atoms with Gasteiger partial charge in [0.1, 0.15) is 22.2 Å². The van der Waals surface area contributed by atoms with Gasteiger partial charge in [-0.15, -0.1) is 0 Å². The zero-order chi connectivity index (χ0) is 21.2. The molecule has 0 amide bonds. The third kappa shape index (κ3) is 4.38. The molecule has 29 heavy (non-hydrogen) atoms. The highest BCUT2D eigenvalue weighted by molar-refractivity contribution is 7.89. The minimum absolute atomic E-state index is 0.106. The molecule has 0 atom stereocenters. The summed E-state index contributed by atoms with van der Waals surface area (Å²) in [5.41, 5.74) is 0.870. The molecular formula is C19H27N5O4S. The summed E-state index contributed by atoms with van der Waals surface area (Å²) in [6, 6.07) is 6.69. The predicted molar refractivity (Wildman–Crippen MR) is 112 cm³/mol. The second-order valence-electron chi connectivity index (χ2n) is 6.97. The van der Waals surface area contributed by atoms with E-state index in [1.165, 1.54) is 24.6 Å². The Morgan fingerprint density at radius 1 is 1.00 bits per heavy atom. The Morgan fingerprint density at radius 2 is 1.69 bits per heavy atom. The first-order valence-corrected chi connectivity index (χ1v) is 10.7. The van der Waals surface area contributed by atoms with Gasteiger partial charge < -0.3 is 19.3 Å². The van der Waals surface area contributed by atoms with Crippen LogP contribution >= 0.6 is 0 Å². The summed E-state index contributed by atoms with van der Waals surface area (Å²) in [5.74, 6) is 2.20. The zero-order valence-corrected chi connectivity index (χ0v) is 18.2. The average molecular weight is 422 g/mol. The molecule has 10 heteroatoms. The molecule has 0 N–H and O–H groups in total. The molecule has 1 aromatic heterocycles. The Balaban J connectivity index is 1.80. The standard InChI is InChI=1S/C19H27N5O4S/c1-14-12-18(22(2)3)21-19(20-14)23-8-10-24(11-9-23)29(25,26)17-13-15(27-4)6-7-16(17)28-5/h6-7,12-13H,8-11H2,1-5H3. The Bertz CT molecular complexity index is 973. The van der Waals surface area contributed by atoms with Crippen LogP contribution in [0.15, 0.2) is 29.2 Å². The normalized spacial score (nSPS) is 15.3. The van der Waals surface area contributed by atoms with Crippen LogP contribution in [0.4, 0.5) is 11.8 Å². The fourth-order valence-corrected chi connectivity index (χ4v) is 4.75. The number of ether oxygens (including phenoxy) is 2. The quantitative estimate of drug-likeness (QED) is 0.691. The largest absolute Gasteiger partial charge is 0.497 e. The molecule has 0 unspecified atom stereocenters. The molecule has 1 aliphatic heterocycles. The lowest BCUT2D eigenvalue weighted by atomic mass is 10.3. The number of anilines is 2. The molecule has 2 aromatic rings. The third-order valence-corrected chi connectivity index (χ3v) is 6.72. The number of rotatable bonds is 6. The van der Waals surface area contributed by atoms with Crippen molar-refractivity contribution in [1.82, 2.24) is 14.3 Å². The minimum atomic E-state index is -3.72. The lowest BCUT2D eigenvalue weighted by Gasteiger charge is -2.34. The van der Waals surface area contributed by atoms with Gasteiger partial charge in [-0.25, -0.2) is 13.4 Å². The van der Waals surface area contributed by atoms with Crippen LogP contribution in [-0.4, -0.2) is 77.2 Å². The van der Waals surface area contributed by atoms with Crippen molar-refractivity contribution in [2.45, 2.75) is 11.8 Å². The van der Waals surface area contributed by atoms with Crippen LogP contribution in [0, 0.1) is 6.92 Å². The predicted octanol–water partition coefficient (Wildman–Crippen LogP) is 1.38. The van der Waals surface area contributed by atoms with E-state index in [9.17, 15) is 8.42 Å². The summed E-state index contributed by atoms with van der Waals surface area (Å²) in [6.07, 6.45) is 0. The van der Waals surface area contributed by atoms with Gasteiger partial charge in [0.05, 0.1) is 14.2 Å². The van der Waals surface area contributed by atoms with Crippen molar-refractivity contribution in [3.05, 3.63) is 30.0 Å². The molecular weight excluding hydrogens is 394 g/mol. The van der Waals surface area contributed by atoms with Gasteiger partial charge in [-0.2, -0.15) is 9.29 Å². The molecule has 1 fully saturated rings. The molecule has 0 spiro atoms. The van der Waals surface area contributed by atoms with Crippen molar-refractivity contribution in [3.8, 4) is 11.5 Å². The molecule has 0 aliphatic carbocycles. The number of aromatic nitrogens is 2. The molecule has 0 radical (unpaired) electrons. The molecule has 158 valence electrons. The van der Waals surface area contributed by atoms with E-state index in [1.54, 1.807) is 12.1 Å². The van der Waals surface area contributed by atoms with E-state index in [0.29, 0.717) is 43.6 Å². The van der Waals surface area contributed by atoms with Crippen LogP contribution in [0.1, 0.15) is 5.69 Å². The number of hydrogen-bond acceptors (Lipinski definition) is 8. The first kappa shape index (κ1) is 21.1. The summed E-state index contributed by atoms with van der Waals surface area (Å²) in [4.78, 5) is 13.1. The highest BCUT2D eigenvalue weighted by Crippen LogP contribution is 2.31. The Hall–Kier alpha value is -2.59. The zero-order valence-electron chi connectivity index (χ0n) is 17.4. The van der Waals surface area contributed by atoms with Crippen molar-refractivity contribution in [2.75, 3.05) is 64.3 Å². The smallest absolute Gasteiger partial charge is 0.247 e. The van der Waals surface area contributed by atoms with Crippen molar-refractivity contribution >= 4 is 21.8 Å². The van der Waals surface area contributed by atoms with Crippen molar-refractivity contribution < 1.29 is 17.9 Å². The van der Waals surface area contributed by atoms with E-state index in [2.05, 4.69) is 9.97 Å². The van der Waals surface area contributed by atoms with Gasteiger partial charge in [-0.05, 0) is 19.1 Å². The fraction of sp³-hybridized carbons (Fsp3) is 0.474. The molecule has 2 heterocycles. The van der Waals surface area contributed by atoms with Crippen LogP contribution in [0.5, 0.6) is 11.5 Å². The second-order valence-corrected chi connectivity index (χ2v) is 8.88. The topological polar surface area (TPSA) is 88.1 Å². The van der Waals surface area contributed by atoms with Crippen LogP contribution in [0.2, 0.25) is 0 Å². The number of nitrogens with zero attached hydrogens (tertiary/aromatic N) is 5. The van der Waals surface area contributed by atoms with Gasteiger partial charge in [0, 0.05) is 58.1 Å². The molecule has 0 bridgehead atoms. The molecule has 1 aliphatic rings. The average Bonchev–Trinajstić information content (AvgIpc) is 2.72. The van der Waals surface area contributed by atoms with Crippen molar-refractivity contribution in [3.63, 3.8) is 0 Å². The Morgan fingerprint density at radius 3 is 2.28 bits per heavy atom. The highest BCUT2D eigenvalue weighted by atomic mass is 32.2. The Labute approximate surface area is 171 Å². The van der Waals surface area contributed by atoms with Crippen LogP contribution in [0.25, 0.3) is 0 Å². The fourth-order valence-electron chi connectivity index (χ4n) is 3.16. The number of methoxy groups -OCH3 is 2. The van der Waals surface area contributed by atoms with Gasteiger partial charge in [0.25, 0.3) is 0 Å². The van der Waals surface area contributed by atoms with Crippen LogP contribution < -0.4 is 19.3 Å². The van der Waals surface area contributed by atoms with Crippen LogP contribution in [0.3, 0.4) is 0 Å². The summed E-state index contributed by atoms with van der Waals surface area (Å²) in [6.45, 7) is 3.59. The van der Waals surface area contributed by atoms with E-state index >= 15 is 0 Å². The monoisotopic (exact) mass is 421 g/mol. The summed E-state index contributed by atoms with van der Waals surface area (Å²) < 4.78 is 38.3. The van der Waals surface area contributed by atoms with E-state index in [0.717, 1.165) is 11.5 Å². The van der Waals surface area contributed by atoms with Gasteiger partial charge in [-0.1, -0.05) is 0 Å². The highest BCUT2D eigenvalue weighted by Gasteiger charge is 2.32. The molecule has 1 aromatic carbocycles. The molecule has 1 saturated heterocycles. The van der Waals surface area contributed by atoms with Crippen molar-refractivity contribution in [2.24, 2.45) is 0 Å². The van der Waals surface area contributed by atoms with E-state index in [1.807, 2.05) is 36.9 Å². The molecule has 3 rings (SSSR count). The van der Waals surface area contributed by atoms with Gasteiger partial charge in [0.15, 0.2) is 0 Å². The lowest BCUT2D eigenvalue weighted by Crippen LogP contribution is -2.49. The van der Waals surface area contributed by atoms with Gasteiger partial charge in [-0.3, -0.25) is 0 Å². The van der Waals surface area contributed by atoms with Gasteiger partial charge >= 0.3 is 0 Å². The van der Waals surface area contributed by atoms with E-state index in [-0.39, 0.29) is 4.90 Å². The maximum absolute atomic E-state index is 13.2. The molecule has 0 saturated carbocycles. The second kappa shape index (κ2) is 8.42. The summed E-state index contributed by atoms with van der Waals surface area (Å²) in [5, 5.41) is 0. The lowest BCUT2D eigenvalue weighted by molar-refractivity contribution is 0.369. The maximum Gasteiger partial charge on any atom is 0.247 e. The Kier molecular flexibility index (Phi) is 6.13. The SMILES string of the molecule is COc1ccc(OC)c(S(=O)(=O)N2CCN(c3nc(C)cc(N(C)C)n3)CC2)c1. The van der Waals surface area contributed by atoms with Crippen LogP contribution in [-0.2, 0) is 10.0 Å². The van der Waals surface area contributed by atoms with E-state index < -0.39 is 10.0 Å². The first-order chi connectivity index (χ1) is 13.8. The summed E-state index contributed by atoms with van der Waals surface area (Å²) in [7, 11) is 3.09.